The predicted molar refractivity (Wildman–Crippen MR) is 127 cm³/mol. The first-order valence-corrected chi connectivity index (χ1v) is 12.0. The maximum atomic E-state index is 14.1. The lowest BCUT2D eigenvalue weighted by Crippen LogP contribution is -2.56. The van der Waals surface area contributed by atoms with E-state index in [0.29, 0.717) is 23.7 Å². The minimum absolute atomic E-state index is 0.0593. The first kappa shape index (κ1) is 21.9. The number of piperazine rings is 1. The molecule has 3 saturated heterocycles. The maximum absolute atomic E-state index is 14.1. The first-order chi connectivity index (χ1) is 16.1. The van der Waals surface area contributed by atoms with E-state index in [1.54, 1.807) is 11.0 Å². The largest absolute Gasteiger partial charge is 0.367 e. The summed E-state index contributed by atoms with van der Waals surface area (Å²) in [6.07, 6.45) is 3.57. The van der Waals surface area contributed by atoms with Crippen LogP contribution in [0.25, 0.3) is 0 Å². The van der Waals surface area contributed by atoms with E-state index in [4.69, 9.17) is 0 Å². The maximum Gasteiger partial charge on any atom is 0.253 e. The van der Waals surface area contributed by atoms with Gasteiger partial charge in [0.25, 0.3) is 5.91 Å². The number of amides is 2. The van der Waals surface area contributed by atoms with Gasteiger partial charge in [0.2, 0.25) is 5.91 Å². The molecule has 0 spiro atoms. The number of para-hydroxylation sites is 1. The van der Waals surface area contributed by atoms with Crippen LogP contribution in [0.1, 0.15) is 36.0 Å². The van der Waals surface area contributed by atoms with Crippen molar-refractivity contribution in [1.29, 1.82) is 0 Å². The Kier molecular flexibility index (Phi) is 6.31. The average Bonchev–Trinajstić information content (AvgIpc) is 3.30. The number of carbonyl (C=O) groups excluding carboxylic acids is 2. The number of hydrogen-bond acceptors (Lipinski definition) is 4. The highest BCUT2D eigenvalue weighted by Gasteiger charge is 2.31. The minimum Gasteiger partial charge on any atom is -0.367 e. The molecule has 1 atom stereocenters. The molecule has 5 rings (SSSR count). The quantitative estimate of drug-likeness (QED) is 0.717. The fourth-order valence-corrected chi connectivity index (χ4v) is 5.36. The molecule has 6 nitrogen and oxygen atoms in total. The SMILES string of the molecule is O=C(c1ccc(N2CCCC2=O)cc1)N1CCC[C@@H](N2CCN(c3ccccc3F)CC2)C1. The third kappa shape index (κ3) is 4.60. The van der Waals surface area contributed by atoms with E-state index < -0.39 is 0 Å². The van der Waals surface area contributed by atoms with Crippen LogP contribution in [-0.4, -0.2) is 73.5 Å². The predicted octanol–water partition coefficient (Wildman–Crippen LogP) is 3.38. The zero-order valence-corrected chi connectivity index (χ0v) is 19.0. The van der Waals surface area contributed by atoms with Gasteiger partial charge in [0.1, 0.15) is 5.82 Å². The number of nitrogens with zero attached hydrogens (tertiary/aromatic N) is 4. The van der Waals surface area contributed by atoms with Crippen LogP contribution < -0.4 is 9.80 Å². The molecule has 0 bridgehead atoms. The van der Waals surface area contributed by atoms with Crippen molar-refractivity contribution in [2.45, 2.75) is 31.7 Å². The van der Waals surface area contributed by atoms with Crippen molar-refractivity contribution < 1.29 is 14.0 Å². The summed E-state index contributed by atoms with van der Waals surface area (Å²) >= 11 is 0. The highest BCUT2D eigenvalue weighted by atomic mass is 19.1. The lowest BCUT2D eigenvalue weighted by Gasteiger charge is -2.44. The number of anilines is 2. The second kappa shape index (κ2) is 9.51. The number of benzene rings is 2. The molecule has 0 unspecified atom stereocenters. The molecule has 33 heavy (non-hydrogen) atoms. The molecule has 2 aromatic rings. The van der Waals surface area contributed by atoms with Crippen LogP contribution in [0.2, 0.25) is 0 Å². The number of hydrogen-bond donors (Lipinski definition) is 0. The van der Waals surface area contributed by atoms with Crippen molar-refractivity contribution in [2.75, 3.05) is 55.6 Å². The van der Waals surface area contributed by atoms with E-state index in [1.165, 1.54) is 6.07 Å². The van der Waals surface area contributed by atoms with E-state index in [-0.39, 0.29) is 17.6 Å². The van der Waals surface area contributed by atoms with E-state index in [2.05, 4.69) is 9.80 Å². The highest BCUT2D eigenvalue weighted by molar-refractivity contribution is 5.97. The second-order valence-electron chi connectivity index (χ2n) is 9.22. The molecular weight excluding hydrogens is 419 g/mol. The van der Waals surface area contributed by atoms with Gasteiger partial charge in [-0.1, -0.05) is 12.1 Å². The summed E-state index contributed by atoms with van der Waals surface area (Å²) in [5.74, 6) is 0.0487. The molecule has 0 saturated carbocycles. The van der Waals surface area contributed by atoms with Crippen LogP contribution in [0.4, 0.5) is 15.8 Å². The number of likely N-dealkylation sites (tertiary alicyclic amines) is 1. The van der Waals surface area contributed by atoms with Gasteiger partial charge in [0.05, 0.1) is 5.69 Å². The second-order valence-corrected chi connectivity index (χ2v) is 9.22. The molecule has 3 aliphatic rings. The van der Waals surface area contributed by atoms with Crippen molar-refractivity contribution in [3.05, 3.63) is 59.9 Å². The monoisotopic (exact) mass is 450 g/mol. The van der Waals surface area contributed by atoms with Crippen molar-refractivity contribution >= 4 is 23.2 Å². The lowest BCUT2D eigenvalue weighted by atomic mass is 10.0. The van der Waals surface area contributed by atoms with Crippen molar-refractivity contribution in [3.63, 3.8) is 0 Å². The highest BCUT2D eigenvalue weighted by Crippen LogP contribution is 2.25. The summed E-state index contributed by atoms with van der Waals surface area (Å²) in [4.78, 5) is 33.5. The van der Waals surface area contributed by atoms with Gasteiger partial charge in [-0.05, 0) is 55.7 Å². The topological polar surface area (TPSA) is 47.1 Å². The van der Waals surface area contributed by atoms with Crippen molar-refractivity contribution in [1.82, 2.24) is 9.80 Å². The zero-order valence-electron chi connectivity index (χ0n) is 19.0. The Hall–Kier alpha value is -2.93. The third-order valence-corrected chi connectivity index (χ3v) is 7.21. The van der Waals surface area contributed by atoms with Gasteiger partial charge in [0, 0.05) is 69.5 Å². The molecule has 3 fully saturated rings. The van der Waals surface area contributed by atoms with Gasteiger partial charge >= 0.3 is 0 Å². The standard InChI is InChI=1S/C26H31FN4O2/c27-23-6-1-2-7-24(23)29-17-15-28(16-18-29)22-5-3-13-30(19-22)26(33)20-9-11-21(12-10-20)31-14-4-8-25(31)32/h1-2,6-7,9-12,22H,3-5,8,13-19H2/t22-/m1/s1. The van der Waals surface area contributed by atoms with Gasteiger partial charge in [-0.15, -0.1) is 0 Å². The number of rotatable bonds is 4. The summed E-state index contributed by atoms with van der Waals surface area (Å²) < 4.78 is 14.1. The Morgan fingerprint density at radius 2 is 1.64 bits per heavy atom. The Morgan fingerprint density at radius 1 is 0.879 bits per heavy atom. The fourth-order valence-electron chi connectivity index (χ4n) is 5.36. The molecule has 174 valence electrons. The van der Waals surface area contributed by atoms with Crippen LogP contribution in [0, 0.1) is 5.82 Å². The normalized spacial score (nSPS) is 22.2. The summed E-state index contributed by atoms with van der Waals surface area (Å²) in [7, 11) is 0. The summed E-state index contributed by atoms with van der Waals surface area (Å²) in [5.41, 5.74) is 2.23. The molecule has 0 radical (unpaired) electrons. The van der Waals surface area contributed by atoms with E-state index in [9.17, 15) is 14.0 Å². The van der Waals surface area contributed by atoms with Crippen LogP contribution in [0.3, 0.4) is 0 Å². The lowest BCUT2D eigenvalue weighted by molar-refractivity contribution is -0.117. The first-order valence-electron chi connectivity index (χ1n) is 12.0. The third-order valence-electron chi connectivity index (χ3n) is 7.21. The Labute approximate surface area is 194 Å². The summed E-state index contributed by atoms with van der Waals surface area (Å²) in [6, 6.07) is 14.8. The Morgan fingerprint density at radius 3 is 2.33 bits per heavy atom. The number of piperidine rings is 1. The van der Waals surface area contributed by atoms with Gasteiger partial charge in [-0.3, -0.25) is 14.5 Å². The number of halogens is 1. The molecule has 2 amide bonds. The fraction of sp³-hybridized carbons (Fsp3) is 0.462. The zero-order chi connectivity index (χ0) is 22.8. The minimum atomic E-state index is -0.166. The van der Waals surface area contributed by atoms with E-state index >= 15 is 0 Å². The van der Waals surface area contributed by atoms with E-state index in [1.807, 2.05) is 41.3 Å². The Balaban J connectivity index is 1.18. The van der Waals surface area contributed by atoms with Crippen LogP contribution >= 0.6 is 0 Å². The molecule has 2 aromatic carbocycles. The summed E-state index contributed by atoms with van der Waals surface area (Å²) in [6.45, 7) is 5.59. The molecule has 3 aliphatic heterocycles. The smallest absolute Gasteiger partial charge is 0.253 e. The van der Waals surface area contributed by atoms with Gasteiger partial charge in [-0.25, -0.2) is 4.39 Å². The summed E-state index contributed by atoms with van der Waals surface area (Å²) in [5, 5.41) is 0. The van der Waals surface area contributed by atoms with Gasteiger partial charge in [0.15, 0.2) is 0 Å². The average molecular weight is 451 g/mol. The van der Waals surface area contributed by atoms with Crippen LogP contribution in [0.15, 0.2) is 48.5 Å². The van der Waals surface area contributed by atoms with Crippen LogP contribution in [0.5, 0.6) is 0 Å². The molecule has 0 N–H and O–H groups in total. The molecular formula is C26H31FN4O2. The van der Waals surface area contributed by atoms with Gasteiger partial charge in [-0.2, -0.15) is 0 Å². The van der Waals surface area contributed by atoms with Crippen molar-refractivity contribution in [2.24, 2.45) is 0 Å². The number of carbonyl (C=O) groups is 2. The van der Waals surface area contributed by atoms with Crippen molar-refractivity contribution in [3.8, 4) is 0 Å². The van der Waals surface area contributed by atoms with E-state index in [0.717, 1.165) is 70.8 Å². The van der Waals surface area contributed by atoms with Gasteiger partial charge < -0.3 is 14.7 Å². The molecule has 0 aliphatic carbocycles. The molecule has 3 heterocycles. The molecule has 0 aromatic heterocycles. The molecule has 7 heteroatoms. The Bertz CT molecular complexity index is 1000. The van der Waals surface area contributed by atoms with Crippen LogP contribution in [-0.2, 0) is 4.79 Å².